The molecule has 1 unspecified atom stereocenters. The van der Waals surface area contributed by atoms with Crippen molar-refractivity contribution in [2.45, 2.75) is 32.9 Å². The van der Waals surface area contributed by atoms with Crippen LogP contribution >= 0.6 is 0 Å². The zero-order valence-electron chi connectivity index (χ0n) is 12.5. The van der Waals surface area contributed by atoms with Crippen LogP contribution in [-0.4, -0.2) is 12.6 Å². The summed E-state index contributed by atoms with van der Waals surface area (Å²) in [5, 5.41) is 3.53. The predicted octanol–water partition coefficient (Wildman–Crippen LogP) is 4.17. The van der Waals surface area contributed by atoms with Crippen molar-refractivity contribution in [2.75, 3.05) is 6.54 Å². The molecule has 2 nitrogen and oxygen atoms in total. The molecule has 0 saturated heterocycles. The summed E-state index contributed by atoms with van der Waals surface area (Å²) in [6.45, 7) is 7.15. The zero-order valence-corrected chi connectivity index (χ0v) is 12.5. The molecule has 0 spiro atoms. The quantitative estimate of drug-likeness (QED) is 0.849. The van der Waals surface area contributed by atoms with Gasteiger partial charge >= 0.3 is 0 Å². The number of nitrogens with one attached hydrogen (secondary N) is 1. The van der Waals surface area contributed by atoms with Gasteiger partial charge in [-0.25, -0.2) is 0 Å². The van der Waals surface area contributed by atoms with E-state index in [1.807, 2.05) is 32.0 Å². The van der Waals surface area contributed by atoms with Gasteiger partial charge < -0.3 is 10.1 Å². The molecule has 0 aliphatic rings. The highest BCUT2D eigenvalue weighted by Crippen LogP contribution is 2.24. The normalized spacial score (nSPS) is 12.4. The highest BCUT2D eigenvalue weighted by atomic mass is 16.5. The van der Waals surface area contributed by atoms with E-state index in [2.05, 4.69) is 48.6 Å². The van der Waals surface area contributed by atoms with E-state index in [1.54, 1.807) is 0 Å². The fourth-order valence-corrected chi connectivity index (χ4v) is 2.29. The molecule has 2 rings (SSSR count). The van der Waals surface area contributed by atoms with Gasteiger partial charge in [0.25, 0.3) is 0 Å². The molecule has 2 heteroatoms. The topological polar surface area (TPSA) is 21.3 Å². The van der Waals surface area contributed by atoms with Crippen molar-refractivity contribution in [3.63, 3.8) is 0 Å². The van der Waals surface area contributed by atoms with Crippen LogP contribution in [-0.2, 0) is 0 Å². The second kappa shape index (κ2) is 7.11. The summed E-state index contributed by atoms with van der Waals surface area (Å²) in [4.78, 5) is 0. The minimum absolute atomic E-state index is 0.208. The van der Waals surface area contributed by atoms with Crippen LogP contribution in [0.5, 0.6) is 5.75 Å². The van der Waals surface area contributed by atoms with Crippen LogP contribution in [0.15, 0.2) is 54.6 Å². The number of hydrogen-bond donors (Lipinski definition) is 1. The minimum atomic E-state index is 0.208. The number of hydrogen-bond acceptors (Lipinski definition) is 2. The molecule has 2 aromatic carbocycles. The lowest BCUT2D eigenvalue weighted by atomic mass is 9.98. The number of rotatable bonds is 6. The van der Waals surface area contributed by atoms with Crippen LogP contribution in [0.25, 0.3) is 0 Å². The van der Waals surface area contributed by atoms with Crippen molar-refractivity contribution in [1.82, 2.24) is 5.32 Å². The van der Waals surface area contributed by atoms with E-state index in [0.717, 1.165) is 12.3 Å². The first kappa shape index (κ1) is 14.6. The Hall–Kier alpha value is -1.80. The van der Waals surface area contributed by atoms with Gasteiger partial charge in [0.2, 0.25) is 0 Å². The maximum atomic E-state index is 5.69. The zero-order chi connectivity index (χ0) is 14.4. The van der Waals surface area contributed by atoms with E-state index in [0.29, 0.717) is 0 Å². The second-order valence-corrected chi connectivity index (χ2v) is 5.14. The SMILES string of the molecule is CCNC(c1ccccc1)c1ccc(OC(C)C)cc1. The molecule has 2 aromatic rings. The molecule has 20 heavy (non-hydrogen) atoms. The summed E-state index contributed by atoms with van der Waals surface area (Å²) in [5.41, 5.74) is 2.54. The highest BCUT2D eigenvalue weighted by molar-refractivity contribution is 5.35. The standard InChI is InChI=1S/C18H23NO/c1-4-19-18(15-8-6-5-7-9-15)16-10-12-17(13-11-16)20-14(2)3/h5-14,18-19H,4H2,1-3H3. The fourth-order valence-electron chi connectivity index (χ4n) is 2.29. The maximum Gasteiger partial charge on any atom is 0.119 e. The third-order valence-corrected chi connectivity index (χ3v) is 3.13. The monoisotopic (exact) mass is 269 g/mol. The first-order valence-electron chi connectivity index (χ1n) is 7.25. The van der Waals surface area contributed by atoms with E-state index in [9.17, 15) is 0 Å². The van der Waals surface area contributed by atoms with Crippen LogP contribution in [0.2, 0.25) is 0 Å². The van der Waals surface area contributed by atoms with Gasteiger partial charge in [0, 0.05) is 0 Å². The van der Waals surface area contributed by atoms with Gasteiger partial charge in [-0.05, 0) is 43.7 Å². The highest BCUT2D eigenvalue weighted by Gasteiger charge is 2.12. The van der Waals surface area contributed by atoms with Crippen molar-refractivity contribution in [3.05, 3.63) is 65.7 Å². The molecular weight excluding hydrogens is 246 g/mol. The van der Waals surface area contributed by atoms with Crippen molar-refractivity contribution in [3.8, 4) is 5.75 Å². The van der Waals surface area contributed by atoms with Crippen molar-refractivity contribution in [1.29, 1.82) is 0 Å². The Morgan fingerprint density at radius 3 is 2.05 bits per heavy atom. The van der Waals surface area contributed by atoms with Crippen LogP contribution in [0.4, 0.5) is 0 Å². The molecule has 0 heterocycles. The van der Waals surface area contributed by atoms with Crippen LogP contribution in [0.1, 0.15) is 37.9 Å². The molecule has 0 aliphatic heterocycles. The third kappa shape index (κ3) is 3.84. The molecule has 0 bridgehead atoms. The Balaban J connectivity index is 2.21. The van der Waals surface area contributed by atoms with Crippen molar-refractivity contribution >= 4 is 0 Å². The summed E-state index contributed by atoms with van der Waals surface area (Å²) in [7, 11) is 0. The second-order valence-electron chi connectivity index (χ2n) is 5.14. The maximum absolute atomic E-state index is 5.69. The average molecular weight is 269 g/mol. The molecular formula is C18H23NO. The van der Waals surface area contributed by atoms with Gasteiger partial charge in [-0.2, -0.15) is 0 Å². The summed E-state index contributed by atoms with van der Waals surface area (Å²) in [6.07, 6.45) is 0.208. The molecule has 0 aliphatic carbocycles. The summed E-state index contributed by atoms with van der Waals surface area (Å²) in [6, 6.07) is 19.1. The van der Waals surface area contributed by atoms with Gasteiger partial charge in [-0.1, -0.05) is 49.4 Å². The van der Waals surface area contributed by atoms with Crippen LogP contribution in [0, 0.1) is 0 Å². The molecule has 0 fully saturated rings. The molecule has 0 saturated carbocycles. The lowest BCUT2D eigenvalue weighted by Gasteiger charge is -2.19. The lowest BCUT2D eigenvalue weighted by molar-refractivity contribution is 0.242. The molecule has 1 atom stereocenters. The Morgan fingerprint density at radius 1 is 0.900 bits per heavy atom. The number of benzene rings is 2. The third-order valence-electron chi connectivity index (χ3n) is 3.13. The first-order valence-corrected chi connectivity index (χ1v) is 7.25. The van der Waals surface area contributed by atoms with Crippen molar-refractivity contribution in [2.24, 2.45) is 0 Å². The first-order chi connectivity index (χ1) is 9.70. The van der Waals surface area contributed by atoms with E-state index in [-0.39, 0.29) is 12.1 Å². The van der Waals surface area contributed by atoms with Gasteiger partial charge in [0.1, 0.15) is 5.75 Å². The Morgan fingerprint density at radius 2 is 1.50 bits per heavy atom. The summed E-state index contributed by atoms with van der Waals surface area (Å²) >= 11 is 0. The Kier molecular flexibility index (Phi) is 5.19. The summed E-state index contributed by atoms with van der Waals surface area (Å²) < 4.78 is 5.69. The van der Waals surface area contributed by atoms with E-state index in [1.165, 1.54) is 11.1 Å². The Bertz CT molecular complexity index is 505. The minimum Gasteiger partial charge on any atom is -0.491 e. The van der Waals surface area contributed by atoms with Gasteiger partial charge in [0.05, 0.1) is 12.1 Å². The van der Waals surface area contributed by atoms with E-state index in [4.69, 9.17) is 4.74 Å². The molecule has 0 aromatic heterocycles. The van der Waals surface area contributed by atoms with Gasteiger partial charge in [-0.3, -0.25) is 0 Å². The molecule has 0 radical (unpaired) electrons. The molecule has 1 N–H and O–H groups in total. The smallest absolute Gasteiger partial charge is 0.119 e. The van der Waals surface area contributed by atoms with Gasteiger partial charge in [0.15, 0.2) is 0 Å². The fraction of sp³-hybridized carbons (Fsp3) is 0.333. The van der Waals surface area contributed by atoms with E-state index >= 15 is 0 Å². The molecule has 0 amide bonds. The molecule has 106 valence electrons. The summed E-state index contributed by atoms with van der Waals surface area (Å²) in [5.74, 6) is 0.923. The largest absolute Gasteiger partial charge is 0.491 e. The number of ether oxygens (including phenoxy) is 1. The van der Waals surface area contributed by atoms with Crippen LogP contribution < -0.4 is 10.1 Å². The average Bonchev–Trinajstić information content (AvgIpc) is 2.46. The van der Waals surface area contributed by atoms with Crippen molar-refractivity contribution < 1.29 is 4.74 Å². The Labute approximate surface area is 121 Å². The van der Waals surface area contributed by atoms with E-state index < -0.39 is 0 Å². The van der Waals surface area contributed by atoms with Gasteiger partial charge in [-0.15, -0.1) is 0 Å². The predicted molar refractivity (Wildman–Crippen MR) is 84.2 cm³/mol. The lowest BCUT2D eigenvalue weighted by Crippen LogP contribution is -2.21. The van der Waals surface area contributed by atoms with Crippen LogP contribution in [0.3, 0.4) is 0 Å².